The van der Waals surface area contributed by atoms with Gasteiger partial charge in [-0.2, -0.15) is 0 Å². The van der Waals surface area contributed by atoms with E-state index in [1.165, 1.54) is 32.1 Å². The lowest BCUT2D eigenvalue weighted by Gasteiger charge is -2.21. The van der Waals surface area contributed by atoms with Crippen molar-refractivity contribution in [1.82, 2.24) is 0 Å². The van der Waals surface area contributed by atoms with Crippen LogP contribution in [0, 0.1) is 23.0 Å². The number of nitrogens with one attached hydrogen (secondary N) is 1. The van der Waals surface area contributed by atoms with E-state index in [0.29, 0.717) is 5.69 Å². The maximum absolute atomic E-state index is 11.0. The molecule has 1 aliphatic carbocycles. The molecule has 104 valence electrons. The summed E-state index contributed by atoms with van der Waals surface area (Å²) in [5.41, 5.74) is 1.75. The number of nitro benzene ring substituents is 1. The number of aryl methyl sites for hydroxylation is 1. The van der Waals surface area contributed by atoms with Crippen molar-refractivity contribution in [2.75, 3.05) is 11.9 Å². The molecular formula is C15H22N2O2. The predicted molar refractivity (Wildman–Crippen MR) is 77.5 cm³/mol. The van der Waals surface area contributed by atoms with E-state index in [-0.39, 0.29) is 10.6 Å². The smallest absolute Gasteiger partial charge is 0.292 e. The molecule has 0 atom stereocenters. The summed E-state index contributed by atoms with van der Waals surface area (Å²) in [7, 11) is 0. The first-order valence-corrected chi connectivity index (χ1v) is 7.16. The average Bonchev–Trinajstić information content (AvgIpc) is 2.41. The van der Waals surface area contributed by atoms with Crippen molar-refractivity contribution in [3.8, 4) is 0 Å². The highest BCUT2D eigenvalue weighted by molar-refractivity contribution is 5.62. The van der Waals surface area contributed by atoms with Gasteiger partial charge in [0.2, 0.25) is 0 Å². The zero-order valence-electron chi connectivity index (χ0n) is 11.5. The van der Waals surface area contributed by atoms with E-state index >= 15 is 0 Å². The number of hydrogen-bond donors (Lipinski definition) is 1. The Kier molecular flexibility index (Phi) is 4.77. The van der Waals surface area contributed by atoms with Crippen molar-refractivity contribution in [2.24, 2.45) is 5.92 Å². The van der Waals surface area contributed by atoms with Gasteiger partial charge in [0.25, 0.3) is 5.69 Å². The second-order valence-corrected chi connectivity index (χ2v) is 5.50. The van der Waals surface area contributed by atoms with Gasteiger partial charge in [0.1, 0.15) is 5.69 Å². The lowest BCUT2D eigenvalue weighted by molar-refractivity contribution is -0.384. The molecule has 0 amide bonds. The molecule has 1 fully saturated rings. The monoisotopic (exact) mass is 262 g/mol. The van der Waals surface area contributed by atoms with Crippen molar-refractivity contribution in [3.05, 3.63) is 33.9 Å². The molecule has 0 spiro atoms. The Labute approximate surface area is 114 Å². The molecule has 0 radical (unpaired) electrons. The largest absolute Gasteiger partial charge is 0.379 e. The quantitative estimate of drug-likeness (QED) is 0.636. The summed E-state index contributed by atoms with van der Waals surface area (Å²) in [5.74, 6) is 0.797. The van der Waals surface area contributed by atoms with Crippen LogP contribution in [-0.2, 0) is 0 Å². The third kappa shape index (κ3) is 3.94. The van der Waals surface area contributed by atoms with E-state index in [0.717, 1.165) is 24.4 Å². The van der Waals surface area contributed by atoms with Crippen molar-refractivity contribution < 1.29 is 4.92 Å². The predicted octanol–water partition coefficient (Wildman–Crippen LogP) is 4.29. The van der Waals surface area contributed by atoms with E-state index in [1.54, 1.807) is 6.07 Å². The summed E-state index contributed by atoms with van der Waals surface area (Å²) >= 11 is 0. The fraction of sp³-hybridized carbons (Fsp3) is 0.600. The van der Waals surface area contributed by atoms with Crippen LogP contribution in [0.25, 0.3) is 0 Å². The third-order valence-electron chi connectivity index (χ3n) is 3.94. The van der Waals surface area contributed by atoms with Crippen molar-refractivity contribution in [3.63, 3.8) is 0 Å². The maximum atomic E-state index is 11.0. The Balaban J connectivity index is 1.89. The summed E-state index contributed by atoms with van der Waals surface area (Å²) in [6.07, 6.45) is 7.80. The molecule has 1 aromatic carbocycles. The molecule has 1 aromatic rings. The van der Waals surface area contributed by atoms with E-state index in [1.807, 2.05) is 19.1 Å². The van der Waals surface area contributed by atoms with Crippen LogP contribution in [0.1, 0.15) is 44.1 Å². The van der Waals surface area contributed by atoms with E-state index in [9.17, 15) is 10.1 Å². The number of anilines is 1. The van der Waals surface area contributed by atoms with Gasteiger partial charge in [-0.15, -0.1) is 0 Å². The minimum atomic E-state index is -0.310. The molecule has 1 N–H and O–H groups in total. The van der Waals surface area contributed by atoms with Gasteiger partial charge in [-0.05, 0) is 30.9 Å². The van der Waals surface area contributed by atoms with E-state index < -0.39 is 0 Å². The molecule has 4 heteroatoms. The number of nitro groups is 1. The first-order chi connectivity index (χ1) is 9.16. The van der Waals surface area contributed by atoms with Crippen LogP contribution in [0.15, 0.2) is 18.2 Å². The average molecular weight is 262 g/mol. The Morgan fingerprint density at radius 1 is 1.32 bits per heavy atom. The topological polar surface area (TPSA) is 55.2 Å². The van der Waals surface area contributed by atoms with Crippen LogP contribution in [0.5, 0.6) is 0 Å². The van der Waals surface area contributed by atoms with Crippen molar-refractivity contribution in [1.29, 1.82) is 0 Å². The summed E-state index contributed by atoms with van der Waals surface area (Å²) < 4.78 is 0. The van der Waals surface area contributed by atoms with Crippen LogP contribution in [0.4, 0.5) is 11.4 Å². The van der Waals surface area contributed by atoms with Crippen molar-refractivity contribution >= 4 is 11.4 Å². The minimum Gasteiger partial charge on any atom is -0.379 e. The van der Waals surface area contributed by atoms with Crippen LogP contribution < -0.4 is 5.32 Å². The second kappa shape index (κ2) is 6.55. The highest BCUT2D eigenvalue weighted by Crippen LogP contribution is 2.28. The SMILES string of the molecule is Cc1ccc(NCCC2CCCCC2)c([N+](=O)[O-])c1. The van der Waals surface area contributed by atoms with Gasteiger partial charge in [0, 0.05) is 12.6 Å². The molecular weight excluding hydrogens is 240 g/mol. The lowest BCUT2D eigenvalue weighted by atomic mass is 9.87. The summed E-state index contributed by atoms with van der Waals surface area (Å²) in [5, 5.41) is 14.2. The molecule has 1 saturated carbocycles. The summed E-state index contributed by atoms with van der Waals surface area (Å²) in [4.78, 5) is 10.7. The molecule has 2 rings (SSSR count). The standard InChI is InChI=1S/C15H22N2O2/c1-12-7-8-14(15(11-12)17(18)19)16-10-9-13-5-3-2-4-6-13/h7-8,11,13,16H,2-6,9-10H2,1H3. The first kappa shape index (κ1) is 13.8. The molecule has 0 aliphatic heterocycles. The Morgan fingerprint density at radius 2 is 2.05 bits per heavy atom. The van der Waals surface area contributed by atoms with Gasteiger partial charge in [0.15, 0.2) is 0 Å². The molecule has 0 heterocycles. The molecule has 0 aromatic heterocycles. The van der Waals surface area contributed by atoms with Gasteiger partial charge in [-0.3, -0.25) is 10.1 Å². The van der Waals surface area contributed by atoms with Crippen LogP contribution in [0.2, 0.25) is 0 Å². The fourth-order valence-corrected chi connectivity index (χ4v) is 2.83. The second-order valence-electron chi connectivity index (χ2n) is 5.50. The van der Waals surface area contributed by atoms with Gasteiger partial charge < -0.3 is 5.32 Å². The molecule has 19 heavy (non-hydrogen) atoms. The zero-order chi connectivity index (χ0) is 13.7. The maximum Gasteiger partial charge on any atom is 0.292 e. The van der Waals surface area contributed by atoms with Crippen LogP contribution >= 0.6 is 0 Å². The molecule has 0 saturated heterocycles. The number of hydrogen-bond acceptors (Lipinski definition) is 3. The summed E-state index contributed by atoms with van der Waals surface area (Å²) in [6.45, 7) is 2.70. The van der Waals surface area contributed by atoms with Gasteiger partial charge in [0.05, 0.1) is 4.92 Å². The zero-order valence-corrected chi connectivity index (χ0v) is 11.5. The molecule has 0 unspecified atom stereocenters. The van der Waals surface area contributed by atoms with E-state index in [2.05, 4.69) is 5.32 Å². The molecule has 1 aliphatic rings. The van der Waals surface area contributed by atoms with Crippen LogP contribution in [-0.4, -0.2) is 11.5 Å². The summed E-state index contributed by atoms with van der Waals surface area (Å²) in [6, 6.07) is 5.35. The molecule has 4 nitrogen and oxygen atoms in total. The lowest BCUT2D eigenvalue weighted by Crippen LogP contribution is -2.12. The number of nitrogens with zero attached hydrogens (tertiary/aromatic N) is 1. The van der Waals surface area contributed by atoms with E-state index in [4.69, 9.17) is 0 Å². The number of benzene rings is 1. The minimum absolute atomic E-state index is 0.184. The van der Waals surface area contributed by atoms with Crippen molar-refractivity contribution in [2.45, 2.75) is 45.4 Å². The highest BCUT2D eigenvalue weighted by atomic mass is 16.6. The number of rotatable bonds is 5. The highest BCUT2D eigenvalue weighted by Gasteiger charge is 2.15. The first-order valence-electron chi connectivity index (χ1n) is 7.16. The van der Waals surface area contributed by atoms with Gasteiger partial charge >= 0.3 is 0 Å². The van der Waals surface area contributed by atoms with Crippen LogP contribution in [0.3, 0.4) is 0 Å². The Hall–Kier alpha value is -1.58. The Morgan fingerprint density at radius 3 is 2.74 bits per heavy atom. The normalized spacial score (nSPS) is 16.3. The van der Waals surface area contributed by atoms with Gasteiger partial charge in [-0.1, -0.05) is 38.2 Å². The Bertz CT molecular complexity index is 440. The fourth-order valence-electron chi connectivity index (χ4n) is 2.83. The van der Waals surface area contributed by atoms with Gasteiger partial charge in [-0.25, -0.2) is 0 Å². The molecule has 0 bridgehead atoms. The third-order valence-corrected chi connectivity index (χ3v) is 3.94.